The highest BCUT2D eigenvalue weighted by atomic mass is 35.7. The summed E-state index contributed by atoms with van der Waals surface area (Å²) in [6.07, 6.45) is 0.0587. The SMILES string of the molecule is CCc1cc(S(=O)(=O)Cl)cc([N+](=O)[O-])c1OC(F)F. The molecule has 0 aliphatic heterocycles. The van der Waals surface area contributed by atoms with Gasteiger partial charge in [0.05, 0.1) is 9.82 Å². The number of nitrogens with zero attached hydrogens (tertiary/aromatic N) is 1. The number of nitro benzene ring substituents is 1. The van der Waals surface area contributed by atoms with E-state index in [0.29, 0.717) is 6.07 Å². The maximum absolute atomic E-state index is 12.2. The average molecular weight is 316 g/mol. The summed E-state index contributed by atoms with van der Waals surface area (Å²) in [7, 11) is 0.871. The van der Waals surface area contributed by atoms with Gasteiger partial charge in [-0.15, -0.1) is 0 Å². The third-order valence-electron chi connectivity index (χ3n) is 2.19. The Morgan fingerprint density at radius 3 is 2.42 bits per heavy atom. The van der Waals surface area contributed by atoms with Crippen LogP contribution in [-0.2, 0) is 15.5 Å². The molecule has 0 aliphatic rings. The Morgan fingerprint density at radius 1 is 1.47 bits per heavy atom. The molecule has 0 bridgehead atoms. The van der Waals surface area contributed by atoms with Crippen LogP contribution in [0.2, 0.25) is 0 Å². The van der Waals surface area contributed by atoms with Crippen molar-refractivity contribution in [2.45, 2.75) is 24.9 Å². The maximum atomic E-state index is 12.2. The van der Waals surface area contributed by atoms with E-state index in [0.717, 1.165) is 6.07 Å². The number of alkyl halides is 2. The molecule has 0 unspecified atom stereocenters. The monoisotopic (exact) mass is 315 g/mol. The van der Waals surface area contributed by atoms with Crippen LogP contribution >= 0.6 is 10.7 Å². The Morgan fingerprint density at radius 2 is 2.05 bits per heavy atom. The molecule has 0 aliphatic carbocycles. The Labute approximate surface area is 111 Å². The summed E-state index contributed by atoms with van der Waals surface area (Å²) in [6.45, 7) is -1.76. The lowest BCUT2D eigenvalue weighted by Gasteiger charge is -2.11. The van der Waals surface area contributed by atoms with Crippen molar-refractivity contribution in [1.29, 1.82) is 0 Å². The smallest absolute Gasteiger partial charge is 0.387 e. The fourth-order valence-electron chi connectivity index (χ4n) is 1.41. The van der Waals surface area contributed by atoms with Crippen molar-refractivity contribution < 1.29 is 26.9 Å². The first-order valence-corrected chi connectivity index (χ1v) is 7.18. The van der Waals surface area contributed by atoms with E-state index in [4.69, 9.17) is 10.7 Å². The first kappa shape index (κ1) is 15.6. The minimum atomic E-state index is -4.21. The van der Waals surface area contributed by atoms with Gasteiger partial charge in [-0.2, -0.15) is 8.78 Å². The molecule has 10 heteroatoms. The number of halogens is 3. The molecule has 19 heavy (non-hydrogen) atoms. The van der Waals surface area contributed by atoms with Gasteiger partial charge in [0.25, 0.3) is 9.05 Å². The highest BCUT2D eigenvalue weighted by Crippen LogP contribution is 2.36. The Bertz CT molecular complexity index is 605. The Kier molecular flexibility index (Phi) is 4.64. The molecule has 0 N–H and O–H groups in total. The van der Waals surface area contributed by atoms with E-state index in [1.807, 2.05) is 0 Å². The zero-order valence-electron chi connectivity index (χ0n) is 9.47. The summed E-state index contributed by atoms with van der Waals surface area (Å²) in [5, 5.41) is 10.8. The zero-order valence-corrected chi connectivity index (χ0v) is 11.0. The van der Waals surface area contributed by atoms with Crippen LogP contribution < -0.4 is 4.74 Å². The summed E-state index contributed by atoms with van der Waals surface area (Å²) in [5.74, 6) is -0.661. The Balaban J connectivity index is 3.58. The summed E-state index contributed by atoms with van der Waals surface area (Å²) < 4.78 is 50.9. The fourth-order valence-corrected chi connectivity index (χ4v) is 2.21. The van der Waals surface area contributed by atoms with Gasteiger partial charge >= 0.3 is 12.3 Å². The molecule has 106 valence electrons. The molecule has 0 saturated carbocycles. The minimum Gasteiger partial charge on any atom is -0.427 e. The molecule has 0 heterocycles. The lowest BCUT2D eigenvalue weighted by molar-refractivity contribution is -0.386. The summed E-state index contributed by atoms with van der Waals surface area (Å²) >= 11 is 0. The second-order valence-corrected chi connectivity index (χ2v) is 5.92. The van der Waals surface area contributed by atoms with Crippen molar-refractivity contribution in [3.63, 3.8) is 0 Å². The van der Waals surface area contributed by atoms with Gasteiger partial charge in [-0.1, -0.05) is 6.92 Å². The highest BCUT2D eigenvalue weighted by Gasteiger charge is 2.26. The van der Waals surface area contributed by atoms with Crippen LogP contribution in [0.4, 0.5) is 14.5 Å². The van der Waals surface area contributed by atoms with E-state index < -0.39 is 36.9 Å². The summed E-state index contributed by atoms with van der Waals surface area (Å²) in [4.78, 5) is 9.24. The van der Waals surface area contributed by atoms with Crippen molar-refractivity contribution in [2.75, 3.05) is 0 Å². The van der Waals surface area contributed by atoms with E-state index >= 15 is 0 Å². The second kappa shape index (κ2) is 5.66. The van der Waals surface area contributed by atoms with Crippen LogP contribution in [0.1, 0.15) is 12.5 Å². The van der Waals surface area contributed by atoms with Crippen LogP contribution in [0.3, 0.4) is 0 Å². The minimum absolute atomic E-state index is 0.0475. The van der Waals surface area contributed by atoms with E-state index in [1.165, 1.54) is 6.92 Å². The molecule has 0 radical (unpaired) electrons. The van der Waals surface area contributed by atoms with Crippen molar-refractivity contribution in [2.24, 2.45) is 0 Å². The van der Waals surface area contributed by atoms with Crippen LogP contribution in [0, 0.1) is 10.1 Å². The van der Waals surface area contributed by atoms with E-state index in [9.17, 15) is 27.3 Å². The molecule has 0 fully saturated rings. The molecule has 1 aromatic rings. The molecule has 0 amide bonds. The second-order valence-electron chi connectivity index (χ2n) is 3.36. The van der Waals surface area contributed by atoms with Crippen LogP contribution in [0.5, 0.6) is 5.75 Å². The molecule has 0 spiro atoms. The highest BCUT2D eigenvalue weighted by molar-refractivity contribution is 8.13. The molecular weight excluding hydrogens is 308 g/mol. The number of benzene rings is 1. The first-order chi connectivity index (χ1) is 8.66. The van der Waals surface area contributed by atoms with Gasteiger partial charge in [0.2, 0.25) is 5.75 Å². The molecule has 0 aromatic heterocycles. The molecule has 0 saturated heterocycles. The normalized spacial score (nSPS) is 11.6. The predicted octanol–water partition coefficient (Wildman–Crippen LogP) is 2.69. The number of hydrogen-bond donors (Lipinski definition) is 0. The summed E-state index contributed by atoms with van der Waals surface area (Å²) in [5.41, 5.74) is -0.924. The lowest BCUT2D eigenvalue weighted by atomic mass is 10.1. The van der Waals surface area contributed by atoms with E-state index in [1.54, 1.807) is 0 Å². The zero-order chi connectivity index (χ0) is 14.8. The number of aryl methyl sites for hydroxylation is 1. The number of rotatable bonds is 5. The van der Waals surface area contributed by atoms with Crippen molar-refractivity contribution in [1.82, 2.24) is 0 Å². The van der Waals surface area contributed by atoms with Crippen LogP contribution in [-0.4, -0.2) is 20.0 Å². The van der Waals surface area contributed by atoms with E-state index in [-0.39, 0.29) is 12.0 Å². The fraction of sp³-hybridized carbons (Fsp3) is 0.333. The van der Waals surface area contributed by atoms with Crippen molar-refractivity contribution >= 4 is 25.4 Å². The topological polar surface area (TPSA) is 86.5 Å². The van der Waals surface area contributed by atoms with Gasteiger partial charge < -0.3 is 4.74 Å². The number of hydrogen-bond acceptors (Lipinski definition) is 5. The van der Waals surface area contributed by atoms with Crippen LogP contribution in [0.25, 0.3) is 0 Å². The van der Waals surface area contributed by atoms with Gasteiger partial charge in [0.1, 0.15) is 0 Å². The van der Waals surface area contributed by atoms with Gasteiger partial charge in [-0.05, 0) is 12.5 Å². The quantitative estimate of drug-likeness (QED) is 0.473. The standard InChI is InChI=1S/C9H8ClF2NO5S/c1-2-5-3-6(19(10,16)17)4-7(13(14)15)8(5)18-9(11)12/h3-4,9H,2H2,1H3. The van der Waals surface area contributed by atoms with Gasteiger partial charge in [-0.25, -0.2) is 8.42 Å². The van der Waals surface area contributed by atoms with Gasteiger partial charge in [0, 0.05) is 22.3 Å². The molecule has 1 rings (SSSR count). The van der Waals surface area contributed by atoms with Crippen molar-refractivity contribution in [3.8, 4) is 5.75 Å². The summed E-state index contributed by atoms with van der Waals surface area (Å²) in [6, 6.07) is 1.55. The number of ether oxygens (including phenoxy) is 1. The lowest BCUT2D eigenvalue weighted by Crippen LogP contribution is -2.08. The molecular formula is C9H8ClF2NO5S. The average Bonchev–Trinajstić information content (AvgIpc) is 2.26. The molecule has 6 nitrogen and oxygen atoms in total. The van der Waals surface area contributed by atoms with Crippen LogP contribution in [0.15, 0.2) is 17.0 Å². The van der Waals surface area contributed by atoms with Gasteiger partial charge in [0.15, 0.2) is 0 Å². The van der Waals surface area contributed by atoms with Crippen molar-refractivity contribution in [3.05, 3.63) is 27.8 Å². The third-order valence-corrected chi connectivity index (χ3v) is 3.52. The largest absolute Gasteiger partial charge is 0.427 e. The first-order valence-electron chi connectivity index (χ1n) is 4.87. The molecule has 1 aromatic carbocycles. The number of nitro groups is 1. The third kappa shape index (κ3) is 3.74. The van der Waals surface area contributed by atoms with E-state index in [2.05, 4.69) is 4.74 Å². The Hall–Kier alpha value is -1.48. The molecule has 0 atom stereocenters. The van der Waals surface area contributed by atoms with Gasteiger partial charge in [-0.3, -0.25) is 10.1 Å². The maximum Gasteiger partial charge on any atom is 0.387 e. The predicted molar refractivity (Wildman–Crippen MR) is 62.1 cm³/mol.